The second-order valence-electron chi connectivity index (χ2n) is 18.0. The normalized spacial score (nSPS) is 27.6. The van der Waals surface area contributed by atoms with E-state index >= 15 is 0 Å². The fourth-order valence-electron chi connectivity index (χ4n) is 8.14. The fourth-order valence-corrected chi connectivity index (χ4v) is 13.3. The number of nitrogens with zero attached hydrogens (tertiary/aromatic N) is 4. The Balaban J connectivity index is 0.000000621. The number of ketones is 5. The van der Waals surface area contributed by atoms with Crippen LogP contribution in [0.5, 0.6) is 0 Å². The molecular weight excluding hydrogens is 897 g/mol. The van der Waals surface area contributed by atoms with Crippen LogP contribution in [0.1, 0.15) is 119 Å². The molecule has 2 unspecified atom stereocenters. The first-order valence-corrected chi connectivity index (χ1v) is 27.1. The van der Waals surface area contributed by atoms with E-state index in [0.29, 0.717) is 113 Å². The van der Waals surface area contributed by atoms with Gasteiger partial charge in [0.05, 0.1) is 35.1 Å². The number of guanidine groups is 2. The van der Waals surface area contributed by atoms with E-state index < -0.39 is 17.0 Å². The molecule has 4 rings (SSSR count). The van der Waals surface area contributed by atoms with E-state index in [9.17, 15) is 28.8 Å². The lowest BCUT2D eigenvalue weighted by Crippen LogP contribution is -2.60. The zero-order valence-electron chi connectivity index (χ0n) is 39.2. The number of carbonyl (C=O) groups is 6. The van der Waals surface area contributed by atoms with Crippen molar-refractivity contribution in [1.29, 1.82) is 0 Å². The van der Waals surface area contributed by atoms with Crippen LogP contribution >= 0.6 is 43.2 Å². The highest BCUT2D eigenvalue weighted by Gasteiger charge is 2.49. The molecule has 0 aromatic rings. The first-order chi connectivity index (χ1) is 29.3. The Morgan fingerprint density at radius 1 is 0.719 bits per heavy atom. The van der Waals surface area contributed by atoms with E-state index in [-0.39, 0.29) is 89.0 Å². The van der Waals surface area contributed by atoms with E-state index in [1.54, 1.807) is 32.4 Å². The van der Waals surface area contributed by atoms with Gasteiger partial charge in [0.25, 0.3) is 0 Å². The van der Waals surface area contributed by atoms with Crippen LogP contribution in [-0.2, 0) is 28.8 Å². The van der Waals surface area contributed by atoms with Gasteiger partial charge in [-0.3, -0.25) is 43.7 Å². The first-order valence-electron chi connectivity index (χ1n) is 22.2. The Morgan fingerprint density at radius 2 is 1.22 bits per heavy atom. The largest absolute Gasteiger partial charge is 0.370 e. The Bertz CT molecular complexity index is 1600. The minimum atomic E-state index is -1.01. The van der Waals surface area contributed by atoms with Crippen molar-refractivity contribution in [2.75, 3.05) is 49.2 Å². The molecule has 0 aliphatic carbocycles. The second kappa shape index (κ2) is 29.3. The summed E-state index contributed by atoms with van der Waals surface area (Å²) in [6, 6.07) is -1.71. The molecule has 0 saturated carbocycles. The maximum Gasteiger partial charge on any atom is 0.237 e. The highest BCUT2D eigenvalue weighted by atomic mass is 33.1. The van der Waals surface area contributed by atoms with Crippen molar-refractivity contribution in [3.8, 4) is 0 Å². The summed E-state index contributed by atoms with van der Waals surface area (Å²) in [5, 5.41) is 4.90. The number of aliphatic imine (C=N–C) groups is 2. The van der Waals surface area contributed by atoms with Gasteiger partial charge in [0.15, 0.2) is 35.1 Å². The molecule has 1 amide bonds. The Morgan fingerprint density at radius 3 is 1.78 bits per heavy atom. The third-order valence-corrected chi connectivity index (χ3v) is 16.9. The van der Waals surface area contributed by atoms with E-state index in [1.807, 2.05) is 46.6 Å². The summed E-state index contributed by atoms with van der Waals surface area (Å²) in [4.78, 5) is 88.9. The quantitative estimate of drug-likeness (QED) is 0.0401. The van der Waals surface area contributed by atoms with Gasteiger partial charge in [-0.25, -0.2) is 10.4 Å². The fraction of sp³-hybridized carbons (Fsp3) is 0.810. The lowest BCUT2D eigenvalue weighted by Gasteiger charge is -2.41. The zero-order valence-corrected chi connectivity index (χ0v) is 42.5. The average Bonchev–Trinajstić information content (AvgIpc) is 3.89. The SMILES string of the molecule is CC(C)CC(=O)C1(C)CSSCCC(=O)[C@H](CCCN=C(N)N)NC(=O)[C@H]2CCCN21.CC(C)CC(=O)C1(C)CSSCCC(=O)[C@H](CCCN=C(N)N)NN2CCC[C@H]2C1=O.N.N. The topological polar surface area (TPSA) is 332 Å². The minimum absolute atomic E-state index is 0. The third-order valence-electron chi connectivity index (χ3n) is 11.7. The molecule has 64 heavy (non-hydrogen) atoms. The lowest BCUT2D eigenvalue weighted by atomic mass is 9.77. The standard InChI is InChI=1S/2C21H37N5O3S2.2H3N/c1-14(2)12-18(28)21(3)13-31-30-11-8-17(27)15(6-4-9-24-20(22)23)25-19(29)16-7-5-10-26(16)21;1-14(2)12-18(28)21(3)13-31-30-11-8-17(27)15(6-4-9-24-20(22)23)25-26-10-5-7-16(26)19(21)29;;/h14-16H,4-13H2,1-3H3,(H,25,29)(H4,22,23,24);14-16,25H,4-13H2,1-3H3,(H4,22,23,24);2*1H3/t15-,16+,21?;15-,16-,21?;;/m00../s1. The molecule has 6 atom stereocenters. The zero-order chi connectivity index (χ0) is 46.0. The average molecular weight is 977 g/mol. The molecule has 368 valence electrons. The van der Waals surface area contributed by atoms with Crippen molar-refractivity contribution in [2.45, 2.75) is 148 Å². The van der Waals surface area contributed by atoms with Crippen LogP contribution in [0.15, 0.2) is 9.98 Å². The number of nitrogens with two attached hydrogens (primary N) is 4. The van der Waals surface area contributed by atoms with Crippen LogP contribution in [0.25, 0.3) is 0 Å². The third kappa shape index (κ3) is 18.3. The van der Waals surface area contributed by atoms with Crippen molar-refractivity contribution in [3.05, 3.63) is 0 Å². The van der Waals surface area contributed by atoms with Crippen molar-refractivity contribution in [2.24, 2.45) is 50.2 Å². The number of nitrogens with one attached hydrogen (secondary N) is 2. The number of fused-ring (bicyclic) bond motifs is 2. The van der Waals surface area contributed by atoms with Gasteiger partial charge in [0, 0.05) is 74.9 Å². The molecule has 0 aromatic carbocycles. The maximum atomic E-state index is 13.7. The smallest absolute Gasteiger partial charge is 0.237 e. The molecule has 4 saturated heterocycles. The van der Waals surface area contributed by atoms with E-state index in [1.165, 1.54) is 10.8 Å². The van der Waals surface area contributed by atoms with Crippen LogP contribution in [0.3, 0.4) is 0 Å². The summed E-state index contributed by atoms with van der Waals surface area (Å²) in [6.45, 7) is 14.2. The van der Waals surface area contributed by atoms with Crippen molar-refractivity contribution in [1.82, 2.24) is 33.0 Å². The van der Waals surface area contributed by atoms with Crippen molar-refractivity contribution >= 4 is 89.9 Å². The molecule has 4 heterocycles. The van der Waals surface area contributed by atoms with Gasteiger partial charge in [0.1, 0.15) is 5.78 Å². The molecule has 4 aliphatic heterocycles. The Labute approximate surface area is 397 Å². The van der Waals surface area contributed by atoms with E-state index in [4.69, 9.17) is 22.9 Å². The second-order valence-corrected chi connectivity index (χ2v) is 23.1. The van der Waals surface area contributed by atoms with Gasteiger partial charge in [-0.15, -0.1) is 0 Å². The molecule has 4 fully saturated rings. The molecule has 16 N–H and O–H groups in total. The summed E-state index contributed by atoms with van der Waals surface area (Å²) >= 11 is 0. The molecule has 0 aromatic heterocycles. The molecular formula is C42H80N12O6S4. The van der Waals surface area contributed by atoms with Gasteiger partial charge >= 0.3 is 0 Å². The van der Waals surface area contributed by atoms with Gasteiger partial charge < -0.3 is 40.6 Å². The molecule has 22 heteroatoms. The number of hydrazine groups is 1. The number of amides is 1. The monoisotopic (exact) mass is 977 g/mol. The minimum Gasteiger partial charge on any atom is -0.370 e. The Hall–Kier alpha value is -2.44. The number of rotatable bonds is 14. The van der Waals surface area contributed by atoms with Crippen LogP contribution in [0, 0.1) is 17.3 Å². The molecule has 4 aliphatic rings. The predicted molar refractivity (Wildman–Crippen MR) is 268 cm³/mol. The van der Waals surface area contributed by atoms with Crippen LogP contribution < -0.4 is 46.0 Å². The number of hydrogen-bond acceptors (Lipinski definition) is 17. The predicted octanol–water partition coefficient (Wildman–Crippen LogP) is 3.96. The molecule has 18 nitrogen and oxygen atoms in total. The first kappa shape index (κ1) is 59.6. The van der Waals surface area contributed by atoms with Gasteiger partial charge in [-0.2, -0.15) is 0 Å². The van der Waals surface area contributed by atoms with Gasteiger partial charge in [0.2, 0.25) is 5.91 Å². The van der Waals surface area contributed by atoms with Crippen LogP contribution in [0.2, 0.25) is 0 Å². The van der Waals surface area contributed by atoms with Gasteiger partial charge in [-0.1, -0.05) is 70.9 Å². The highest BCUT2D eigenvalue weighted by molar-refractivity contribution is 8.77. The highest BCUT2D eigenvalue weighted by Crippen LogP contribution is 2.39. The lowest BCUT2D eigenvalue weighted by molar-refractivity contribution is -0.143. The summed E-state index contributed by atoms with van der Waals surface area (Å²) in [5.41, 5.74) is 23.2. The number of hydrogen-bond donors (Lipinski definition) is 8. The maximum absolute atomic E-state index is 13.7. The Kier molecular flexibility index (Phi) is 27.3. The van der Waals surface area contributed by atoms with Crippen LogP contribution in [0.4, 0.5) is 0 Å². The summed E-state index contributed by atoms with van der Waals surface area (Å²) in [5.74, 6) is 3.12. The summed E-state index contributed by atoms with van der Waals surface area (Å²) < 4.78 is 0. The van der Waals surface area contributed by atoms with E-state index in [2.05, 4.69) is 25.6 Å². The van der Waals surface area contributed by atoms with Gasteiger partial charge in [-0.05, 0) is 77.0 Å². The molecule has 0 bridgehead atoms. The number of carbonyl (C=O) groups excluding carboxylic acids is 6. The van der Waals surface area contributed by atoms with Crippen LogP contribution in [-0.4, -0.2) is 136 Å². The summed E-state index contributed by atoms with van der Waals surface area (Å²) in [7, 11) is 6.36. The number of Topliss-reactive ketones (excluding diaryl/α,β-unsaturated/α-hetero) is 5. The van der Waals surface area contributed by atoms with E-state index in [0.717, 1.165) is 12.8 Å². The van der Waals surface area contributed by atoms with Crippen molar-refractivity contribution < 1.29 is 28.8 Å². The summed E-state index contributed by atoms with van der Waals surface area (Å²) in [6.07, 6.45) is 7.21. The molecule has 0 radical (unpaired) electrons. The van der Waals surface area contributed by atoms with Crippen molar-refractivity contribution in [3.63, 3.8) is 0 Å². The molecule has 0 spiro atoms.